The Morgan fingerprint density at radius 2 is 2.24 bits per heavy atom. The molecule has 8 heteroatoms. The fourth-order valence-corrected chi connectivity index (χ4v) is 3.65. The highest BCUT2D eigenvalue weighted by molar-refractivity contribution is 7.84. The van der Waals surface area contributed by atoms with Gasteiger partial charge in [0, 0.05) is 23.4 Å². The number of aromatic amines is 1. The Morgan fingerprint density at radius 1 is 1.40 bits per heavy atom. The Bertz CT molecular complexity index is 1040. The number of nitrogens with zero attached hydrogens (tertiary/aromatic N) is 2. The summed E-state index contributed by atoms with van der Waals surface area (Å²) < 4.78 is 44.4. The summed E-state index contributed by atoms with van der Waals surface area (Å²) in [6, 6.07) is 4.58. The van der Waals surface area contributed by atoms with Gasteiger partial charge >= 0.3 is 0 Å². The van der Waals surface area contributed by atoms with Crippen molar-refractivity contribution in [2.24, 2.45) is 0 Å². The molecule has 132 valence electrons. The molecule has 0 bridgehead atoms. The number of hydrogen-bond donors (Lipinski definition) is 2. The summed E-state index contributed by atoms with van der Waals surface area (Å²) in [6.45, 7) is 1.58. The van der Waals surface area contributed by atoms with E-state index < -0.39 is 17.8 Å². The second-order valence-electron chi connectivity index (χ2n) is 5.36. The largest absolute Gasteiger partial charge is 0.497 e. The van der Waals surface area contributed by atoms with Crippen LogP contribution in [0.1, 0.15) is 20.9 Å². The van der Waals surface area contributed by atoms with Crippen LogP contribution in [0.5, 0.6) is 11.5 Å². The maximum Gasteiger partial charge on any atom is 0.197 e. The first-order chi connectivity index (χ1) is 13.2. The van der Waals surface area contributed by atoms with E-state index in [-0.39, 0.29) is 23.3 Å². The van der Waals surface area contributed by atoms with Crippen LogP contribution in [0.4, 0.5) is 0 Å². The van der Waals surface area contributed by atoms with Crippen molar-refractivity contribution in [3.05, 3.63) is 41.2 Å². The molecule has 0 radical (unpaired) electrons. The van der Waals surface area contributed by atoms with E-state index in [9.17, 15) is 9.32 Å². The molecule has 7 nitrogen and oxygen atoms in total. The van der Waals surface area contributed by atoms with Crippen molar-refractivity contribution in [3.8, 4) is 11.5 Å². The molecule has 2 heterocycles. The lowest BCUT2D eigenvalue weighted by molar-refractivity contribution is 0.272. The van der Waals surface area contributed by atoms with Crippen molar-refractivity contribution >= 4 is 21.8 Å². The minimum Gasteiger partial charge on any atom is -0.497 e. The maximum absolute atomic E-state index is 12.8. The van der Waals surface area contributed by atoms with Gasteiger partial charge in [-0.3, -0.25) is 9.19 Å². The van der Waals surface area contributed by atoms with Crippen LogP contribution in [-0.4, -0.2) is 38.4 Å². The summed E-state index contributed by atoms with van der Waals surface area (Å²) >= 11 is 0. The smallest absolute Gasteiger partial charge is 0.197 e. The average Bonchev–Trinajstić information content (AvgIpc) is 3.05. The third-order valence-corrected chi connectivity index (χ3v) is 5.01. The summed E-state index contributed by atoms with van der Waals surface area (Å²) in [6.07, 6.45) is 1.50. The van der Waals surface area contributed by atoms with Gasteiger partial charge in [-0.25, -0.2) is 4.98 Å². The van der Waals surface area contributed by atoms with Crippen LogP contribution in [0.25, 0.3) is 11.0 Å². The molecule has 3 aromatic rings. The van der Waals surface area contributed by atoms with E-state index in [1.165, 1.54) is 25.4 Å². The molecule has 3 rings (SSSR count). The van der Waals surface area contributed by atoms with Gasteiger partial charge in [0.15, 0.2) is 5.16 Å². The second kappa shape index (κ2) is 7.20. The molecule has 0 aliphatic rings. The number of methoxy groups -OCH3 is 2. The fraction of sp³-hybridized carbons (Fsp3) is 0.294. The third-order valence-electron chi connectivity index (χ3n) is 3.85. The van der Waals surface area contributed by atoms with E-state index in [1.807, 2.05) is 0 Å². The van der Waals surface area contributed by atoms with Crippen molar-refractivity contribution in [2.75, 3.05) is 14.1 Å². The quantitative estimate of drug-likeness (QED) is 0.695. The Morgan fingerprint density at radius 3 is 2.96 bits per heavy atom. The monoisotopic (exact) mass is 364 g/mol. The Hall–Kier alpha value is -2.45. The number of nitrogens with one attached hydrogen (secondary N) is 1. The van der Waals surface area contributed by atoms with Crippen LogP contribution in [-0.2, 0) is 23.2 Å². The van der Waals surface area contributed by atoms with E-state index >= 15 is 0 Å². The number of fused-ring (bicyclic) bond motifs is 1. The number of pyridine rings is 1. The van der Waals surface area contributed by atoms with Crippen molar-refractivity contribution in [3.63, 3.8) is 0 Å². The SMILES string of the molecule is [2H]C([2H])([2H])Oc1ccc2nc(S(=O)Cc3ncc(CO)c(OC)c3C)[nH]c2c1. The minimum atomic E-state index is -2.55. The Kier molecular flexibility index (Phi) is 3.97. The van der Waals surface area contributed by atoms with E-state index in [4.69, 9.17) is 13.6 Å². The van der Waals surface area contributed by atoms with Gasteiger partial charge in [0.25, 0.3) is 0 Å². The molecule has 0 saturated carbocycles. The number of H-pyrrole nitrogens is 1. The topological polar surface area (TPSA) is 97.3 Å². The molecule has 2 N–H and O–H groups in total. The van der Waals surface area contributed by atoms with Gasteiger partial charge in [-0.15, -0.1) is 0 Å². The zero-order valence-electron chi connectivity index (χ0n) is 16.7. The van der Waals surface area contributed by atoms with Crippen LogP contribution in [0.15, 0.2) is 29.6 Å². The molecule has 0 saturated heterocycles. The third kappa shape index (κ3) is 3.35. The normalized spacial score (nSPS) is 14.6. The number of hydrogen-bond acceptors (Lipinski definition) is 6. The van der Waals surface area contributed by atoms with Gasteiger partial charge < -0.3 is 19.6 Å². The van der Waals surface area contributed by atoms with Crippen molar-refractivity contribution in [2.45, 2.75) is 24.4 Å². The summed E-state index contributed by atoms with van der Waals surface area (Å²) in [5.41, 5.74) is 2.88. The number of aliphatic hydroxyl groups excluding tert-OH is 1. The minimum absolute atomic E-state index is 0.104. The van der Waals surface area contributed by atoms with E-state index in [0.29, 0.717) is 33.6 Å². The molecule has 1 atom stereocenters. The lowest BCUT2D eigenvalue weighted by atomic mass is 10.1. The zero-order chi connectivity index (χ0) is 20.5. The van der Waals surface area contributed by atoms with Gasteiger partial charge in [0.05, 0.1) is 58.1 Å². The van der Waals surface area contributed by atoms with Crippen LogP contribution in [0.3, 0.4) is 0 Å². The summed E-state index contributed by atoms with van der Waals surface area (Å²) in [4.78, 5) is 11.5. The molecule has 1 unspecified atom stereocenters. The average molecular weight is 364 g/mol. The van der Waals surface area contributed by atoms with Gasteiger partial charge in [0.2, 0.25) is 0 Å². The predicted molar refractivity (Wildman–Crippen MR) is 94.2 cm³/mol. The van der Waals surface area contributed by atoms with Gasteiger partial charge in [-0.05, 0) is 19.1 Å². The van der Waals surface area contributed by atoms with Gasteiger partial charge in [-0.2, -0.15) is 0 Å². The van der Waals surface area contributed by atoms with Gasteiger partial charge in [0.1, 0.15) is 11.5 Å². The number of rotatable bonds is 6. The maximum atomic E-state index is 12.8. The summed E-state index contributed by atoms with van der Waals surface area (Å²) in [5.74, 6) is 0.780. The highest BCUT2D eigenvalue weighted by Gasteiger charge is 2.17. The highest BCUT2D eigenvalue weighted by Crippen LogP contribution is 2.27. The number of imidazole rings is 1. The molecule has 0 fully saturated rings. The summed E-state index contributed by atoms with van der Waals surface area (Å²) in [5, 5.41) is 9.60. The van der Waals surface area contributed by atoms with E-state index in [1.54, 1.807) is 13.0 Å². The van der Waals surface area contributed by atoms with Crippen molar-refractivity contribution in [1.82, 2.24) is 15.0 Å². The highest BCUT2D eigenvalue weighted by atomic mass is 32.2. The molecule has 1 aromatic carbocycles. The van der Waals surface area contributed by atoms with Crippen LogP contribution in [0, 0.1) is 6.92 Å². The Labute approximate surface area is 151 Å². The van der Waals surface area contributed by atoms with E-state index in [2.05, 4.69) is 15.0 Å². The first-order valence-corrected chi connectivity index (χ1v) is 8.73. The molecular formula is C17H19N3O4S. The first kappa shape index (κ1) is 13.8. The molecule has 0 aliphatic heterocycles. The molecule has 0 spiro atoms. The molecular weight excluding hydrogens is 342 g/mol. The van der Waals surface area contributed by atoms with Crippen LogP contribution < -0.4 is 9.47 Å². The zero-order valence-corrected chi connectivity index (χ0v) is 14.5. The Balaban J connectivity index is 1.86. The lowest BCUT2D eigenvalue weighted by Gasteiger charge is -2.12. The second-order valence-corrected chi connectivity index (χ2v) is 6.73. The number of aromatic nitrogens is 3. The molecule has 0 aliphatic carbocycles. The van der Waals surface area contributed by atoms with E-state index in [0.717, 1.165) is 0 Å². The fourth-order valence-electron chi connectivity index (χ4n) is 2.55. The van der Waals surface area contributed by atoms with Crippen molar-refractivity contribution < 1.29 is 22.9 Å². The predicted octanol–water partition coefficient (Wildman–Crippen LogP) is 2.08. The van der Waals surface area contributed by atoms with Crippen LogP contribution >= 0.6 is 0 Å². The lowest BCUT2D eigenvalue weighted by Crippen LogP contribution is -2.06. The standard InChI is InChI=1S/C17H19N3O4S/c1-10-15(18-7-11(8-21)16(10)24-3)9-25(22)17-19-13-5-4-12(23-2)6-14(13)20-17/h4-7,21H,8-9H2,1-3H3,(H,19,20)/i2D3. The number of ether oxygens (including phenoxy) is 2. The number of aliphatic hydroxyl groups is 1. The molecule has 25 heavy (non-hydrogen) atoms. The molecule has 0 amide bonds. The first-order valence-electron chi connectivity index (χ1n) is 8.91. The molecule has 2 aromatic heterocycles. The van der Waals surface area contributed by atoms with Crippen LogP contribution in [0.2, 0.25) is 0 Å². The van der Waals surface area contributed by atoms with Crippen molar-refractivity contribution in [1.29, 1.82) is 0 Å². The summed E-state index contributed by atoms with van der Waals surface area (Å²) in [7, 11) is -2.57. The van der Waals surface area contributed by atoms with Gasteiger partial charge in [-0.1, -0.05) is 0 Å². The number of benzene rings is 1.